The van der Waals surface area contributed by atoms with Gasteiger partial charge in [-0.25, -0.2) is 0 Å². The molecule has 6 nitrogen and oxygen atoms in total. The molecule has 0 aliphatic rings. The molecule has 0 saturated heterocycles. The maximum Gasteiger partial charge on any atom is 3.00 e. The van der Waals surface area contributed by atoms with Crippen LogP contribution in [0.4, 0.5) is 0 Å². The Kier molecular flexibility index (Phi) is 17.6. The number of hydrogen-bond donors (Lipinski definition) is 0. The fourth-order valence-corrected chi connectivity index (χ4v) is 2.67. The number of benzene rings is 3. The summed E-state index contributed by atoms with van der Waals surface area (Å²) in [5.41, 5.74) is 3.12. The molecule has 176 valence electrons. The van der Waals surface area contributed by atoms with Gasteiger partial charge in [0, 0.05) is 17.9 Å². The average Bonchev–Trinajstić information content (AvgIpc) is 2.83. The van der Waals surface area contributed by atoms with Gasteiger partial charge in [-0.2, -0.15) is 0 Å². The second-order valence-electron chi connectivity index (χ2n) is 7.07. The van der Waals surface area contributed by atoms with Crippen molar-refractivity contribution in [3.8, 4) is 0 Å². The molecule has 0 aliphatic heterocycles. The molecule has 0 aromatic heterocycles. The maximum atomic E-state index is 10.1. The minimum absolute atomic E-state index is 0. The molecule has 0 fully saturated rings. The smallest absolute Gasteiger partial charge is 0.550 e. The predicted octanol–water partition coefficient (Wildman–Crippen LogP) is 0.726. The van der Waals surface area contributed by atoms with Gasteiger partial charge in [0.05, 0.1) is 0 Å². The third-order valence-corrected chi connectivity index (χ3v) is 4.38. The van der Waals surface area contributed by atoms with Crippen LogP contribution in [0.1, 0.15) is 36.0 Å². The van der Waals surface area contributed by atoms with Crippen LogP contribution in [-0.2, 0) is 33.6 Å². The van der Waals surface area contributed by atoms with Gasteiger partial charge in [-0.3, -0.25) is 0 Å². The topological polar surface area (TPSA) is 120 Å². The maximum absolute atomic E-state index is 10.1. The molecule has 7 heteroatoms. The Balaban J connectivity index is 0.000000473. The minimum atomic E-state index is -0.992. The van der Waals surface area contributed by atoms with Crippen LogP contribution in [0.3, 0.4) is 0 Å². The summed E-state index contributed by atoms with van der Waals surface area (Å²) in [6.45, 7) is 0. The first-order valence-corrected chi connectivity index (χ1v) is 10.6. The van der Waals surface area contributed by atoms with Gasteiger partial charge in [-0.1, -0.05) is 91.0 Å². The molecule has 0 saturated carbocycles. The number of carboxylic acid groups (broad SMARTS) is 3. The van der Waals surface area contributed by atoms with Crippen LogP contribution < -0.4 is 15.3 Å². The monoisotopic (exact) mass is 568 g/mol. The summed E-state index contributed by atoms with van der Waals surface area (Å²) >= 11 is 0. The zero-order chi connectivity index (χ0) is 24.3. The number of aryl methyl sites for hydroxylation is 3. The standard InChI is InChI=1S/3C9H10O2.Sb/c3*10-9(11)7-6-8-4-2-1-3-5-8;/h3*1-5H,6-7H2,(H,10,11);/q;;;+3/p-3. The van der Waals surface area contributed by atoms with Gasteiger partial charge in [-0.05, 0) is 55.2 Å². The van der Waals surface area contributed by atoms with E-state index in [2.05, 4.69) is 0 Å². The van der Waals surface area contributed by atoms with Crippen molar-refractivity contribution in [1.82, 2.24) is 0 Å². The van der Waals surface area contributed by atoms with Crippen molar-refractivity contribution in [2.75, 3.05) is 0 Å². The van der Waals surface area contributed by atoms with Crippen molar-refractivity contribution in [2.45, 2.75) is 38.5 Å². The van der Waals surface area contributed by atoms with Crippen molar-refractivity contribution in [3.63, 3.8) is 0 Å². The summed E-state index contributed by atoms with van der Waals surface area (Å²) in [7, 11) is 0. The van der Waals surface area contributed by atoms with E-state index in [0.717, 1.165) is 16.7 Å². The van der Waals surface area contributed by atoms with Crippen LogP contribution in [0, 0.1) is 0 Å². The molecule has 0 aliphatic carbocycles. The molecule has 0 unspecified atom stereocenters. The molecular weight excluding hydrogens is 542 g/mol. The quantitative estimate of drug-likeness (QED) is 0.351. The Morgan fingerprint density at radius 2 is 0.647 bits per heavy atom. The zero-order valence-electron chi connectivity index (χ0n) is 18.8. The fourth-order valence-electron chi connectivity index (χ4n) is 2.67. The van der Waals surface area contributed by atoms with Gasteiger partial charge >= 0.3 is 24.4 Å². The number of hydrogen-bond acceptors (Lipinski definition) is 6. The molecule has 34 heavy (non-hydrogen) atoms. The van der Waals surface area contributed by atoms with Gasteiger partial charge in [0.1, 0.15) is 0 Å². The molecule has 0 spiro atoms. The van der Waals surface area contributed by atoms with Gasteiger partial charge in [-0.15, -0.1) is 0 Å². The summed E-state index contributed by atoms with van der Waals surface area (Å²) < 4.78 is 0. The van der Waals surface area contributed by atoms with E-state index >= 15 is 0 Å². The second kappa shape index (κ2) is 19.4. The molecule has 0 bridgehead atoms. The molecule has 0 heterocycles. The third-order valence-electron chi connectivity index (χ3n) is 4.38. The molecule has 0 amide bonds. The van der Waals surface area contributed by atoms with Crippen LogP contribution in [0.5, 0.6) is 0 Å². The normalized spacial score (nSPS) is 9.18. The van der Waals surface area contributed by atoms with E-state index in [4.69, 9.17) is 0 Å². The number of carbonyl (C=O) groups excluding carboxylic acids is 3. The molecule has 3 aromatic carbocycles. The number of carbonyl (C=O) groups is 3. The Morgan fingerprint density at radius 1 is 0.441 bits per heavy atom. The largest absolute Gasteiger partial charge is 3.00 e. The zero-order valence-corrected chi connectivity index (χ0v) is 21.4. The first-order chi connectivity index (χ1) is 15.9. The third kappa shape index (κ3) is 17.4. The molecule has 3 aromatic rings. The number of aliphatic carboxylic acids is 3. The number of carboxylic acids is 3. The molecule has 3 rings (SSSR count). The van der Waals surface area contributed by atoms with Crippen LogP contribution >= 0.6 is 0 Å². The Bertz CT molecular complexity index is 819. The predicted molar refractivity (Wildman–Crippen MR) is 125 cm³/mol. The van der Waals surface area contributed by atoms with E-state index in [-0.39, 0.29) is 43.7 Å². The van der Waals surface area contributed by atoms with Crippen molar-refractivity contribution >= 4 is 42.3 Å². The van der Waals surface area contributed by atoms with Crippen molar-refractivity contribution < 1.29 is 29.7 Å². The summed E-state index contributed by atoms with van der Waals surface area (Å²) in [5.74, 6) is -2.98. The molecular formula is C27H27O6Sb. The number of rotatable bonds is 9. The fraction of sp³-hybridized carbons (Fsp3) is 0.222. The Morgan fingerprint density at radius 3 is 0.824 bits per heavy atom. The second-order valence-corrected chi connectivity index (χ2v) is 7.07. The van der Waals surface area contributed by atoms with E-state index in [0.29, 0.717) is 19.3 Å². The van der Waals surface area contributed by atoms with Crippen molar-refractivity contribution in [3.05, 3.63) is 108 Å². The van der Waals surface area contributed by atoms with Crippen LogP contribution in [0.2, 0.25) is 0 Å². The van der Waals surface area contributed by atoms with Crippen molar-refractivity contribution in [2.24, 2.45) is 0 Å². The summed E-state index contributed by atoms with van der Waals surface area (Å²) in [4.78, 5) is 30.2. The molecule has 2 radical (unpaired) electrons. The summed E-state index contributed by atoms with van der Waals surface area (Å²) in [6, 6.07) is 28.5. The Hall–Kier alpha value is -3.11. The van der Waals surface area contributed by atoms with Gasteiger partial charge < -0.3 is 29.7 Å². The van der Waals surface area contributed by atoms with E-state index in [1.54, 1.807) is 0 Å². The summed E-state index contributed by atoms with van der Waals surface area (Å²) in [5, 5.41) is 30.2. The first kappa shape index (κ1) is 30.9. The minimum Gasteiger partial charge on any atom is -0.550 e. The van der Waals surface area contributed by atoms with Gasteiger partial charge in [0.25, 0.3) is 0 Å². The van der Waals surface area contributed by atoms with Crippen LogP contribution in [-0.4, -0.2) is 42.3 Å². The van der Waals surface area contributed by atoms with E-state index < -0.39 is 17.9 Å². The van der Waals surface area contributed by atoms with Crippen LogP contribution in [0.25, 0.3) is 0 Å². The Labute approximate surface area is 217 Å². The first-order valence-electron chi connectivity index (χ1n) is 10.6. The van der Waals surface area contributed by atoms with Gasteiger partial charge in [0.15, 0.2) is 0 Å². The molecule has 0 N–H and O–H groups in total. The summed E-state index contributed by atoms with van der Waals surface area (Å²) in [6.07, 6.45) is 1.98. The van der Waals surface area contributed by atoms with Crippen LogP contribution in [0.15, 0.2) is 91.0 Å². The van der Waals surface area contributed by atoms with Gasteiger partial charge in [0.2, 0.25) is 0 Å². The molecule has 0 atom stereocenters. The van der Waals surface area contributed by atoms with E-state index in [1.165, 1.54) is 0 Å². The van der Waals surface area contributed by atoms with Crippen molar-refractivity contribution in [1.29, 1.82) is 0 Å². The average molecular weight is 569 g/mol. The van der Waals surface area contributed by atoms with E-state index in [9.17, 15) is 29.7 Å². The van der Waals surface area contributed by atoms with E-state index in [1.807, 2.05) is 91.0 Å². The SMILES string of the molecule is O=C([O-])CCc1ccccc1.O=C([O-])CCc1ccccc1.O=C([O-])CCc1ccccc1.[Sb+3].